The second-order valence-corrected chi connectivity index (χ2v) is 5.92. The molecular formula is C9H8ClNO3S. The van der Waals surface area contributed by atoms with E-state index in [1.54, 1.807) is 13.1 Å². The SMILES string of the molecule is CN1Cc2c(cccc2S(=O)(=O)Cl)C1=O. The number of hydrogen-bond acceptors (Lipinski definition) is 3. The first-order valence-corrected chi connectivity index (χ1v) is 6.54. The normalized spacial score (nSPS) is 15.6. The number of amides is 1. The maximum Gasteiger partial charge on any atom is 0.261 e. The molecule has 0 atom stereocenters. The van der Waals surface area contributed by atoms with Gasteiger partial charge in [0.15, 0.2) is 0 Å². The molecule has 1 heterocycles. The van der Waals surface area contributed by atoms with Crippen molar-refractivity contribution >= 4 is 25.6 Å². The molecule has 15 heavy (non-hydrogen) atoms. The number of halogens is 1. The van der Waals surface area contributed by atoms with Crippen LogP contribution in [0.25, 0.3) is 0 Å². The van der Waals surface area contributed by atoms with Crippen molar-refractivity contribution in [1.82, 2.24) is 4.90 Å². The topological polar surface area (TPSA) is 54.5 Å². The molecule has 0 unspecified atom stereocenters. The van der Waals surface area contributed by atoms with E-state index in [2.05, 4.69) is 0 Å². The largest absolute Gasteiger partial charge is 0.337 e. The van der Waals surface area contributed by atoms with Crippen molar-refractivity contribution in [2.24, 2.45) is 0 Å². The highest BCUT2D eigenvalue weighted by Crippen LogP contribution is 2.29. The predicted molar refractivity (Wildman–Crippen MR) is 55.3 cm³/mol. The van der Waals surface area contributed by atoms with Gasteiger partial charge in [0.1, 0.15) is 0 Å². The Bertz CT molecular complexity index is 538. The molecule has 6 heteroatoms. The molecule has 0 N–H and O–H groups in total. The van der Waals surface area contributed by atoms with Crippen LogP contribution >= 0.6 is 10.7 Å². The lowest BCUT2D eigenvalue weighted by molar-refractivity contribution is 0.0816. The zero-order chi connectivity index (χ0) is 11.2. The number of hydrogen-bond donors (Lipinski definition) is 0. The van der Waals surface area contributed by atoms with Crippen LogP contribution in [0.1, 0.15) is 15.9 Å². The van der Waals surface area contributed by atoms with Gasteiger partial charge in [0.05, 0.1) is 4.90 Å². The monoisotopic (exact) mass is 245 g/mol. The van der Waals surface area contributed by atoms with E-state index in [1.165, 1.54) is 17.0 Å². The molecular weight excluding hydrogens is 238 g/mol. The molecule has 0 aromatic heterocycles. The number of rotatable bonds is 1. The van der Waals surface area contributed by atoms with Crippen LogP contribution in [0.15, 0.2) is 23.1 Å². The average molecular weight is 246 g/mol. The number of carbonyl (C=O) groups is 1. The summed E-state index contributed by atoms with van der Waals surface area (Å²) in [6.45, 7) is 0.288. The molecule has 1 aliphatic rings. The van der Waals surface area contributed by atoms with Crippen molar-refractivity contribution in [2.45, 2.75) is 11.4 Å². The minimum absolute atomic E-state index is 0.0272. The predicted octanol–water partition coefficient (Wildman–Crippen LogP) is 1.20. The van der Waals surface area contributed by atoms with Crippen molar-refractivity contribution < 1.29 is 13.2 Å². The summed E-state index contributed by atoms with van der Waals surface area (Å²) in [6, 6.07) is 4.53. The molecule has 0 spiro atoms. The van der Waals surface area contributed by atoms with Gasteiger partial charge in [-0.3, -0.25) is 4.79 Å². The summed E-state index contributed by atoms with van der Waals surface area (Å²) in [5.74, 6) is -0.174. The molecule has 80 valence electrons. The molecule has 0 saturated heterocycles. The Kier molecular flexibility index (Phi) is 2.24. The fourth-order valence-corrected chi connectivity index (χ4v) is 2.82. The van der Waals surface area contributed by atoms with Gasteiger partial charge in [0, 0.05) is 35.4 Å². The summed E-state index contributed by atoms with van der Waals surface area (Å²) < 4.78 is 22.5. The number of nitrogens with zero attached hydrogens (tertiary/aromatic N) is 1. The minimum Gasteiger partial charge on any atom is -0.337 e. The van der Waals surface area contributed by atoms with E-state index in [-0.39, 0.29) is 17.3 Å². The smallest absolute Gasteiger partial charge is 0.261 e. The summed E-state index contributed by atoms with van der Waals surface area (Å²) in [5, 5.41) is 0. The molecule has 0 bridgehead atoms. The Morgan fingerprint density at radius 2 is 2.07 bits per heavy atom. The van der Waals surface area contributed by atoms with Gasteiger partial charge in [-0.25, -0.2) is 8.42 Å². The van der Waals surface area contributed by atoms with Crippen molar-refractivity contribution in [1.29, 1.82) is 0 Å². The van der Waals surface area contributed by atoms with Crippen molar-refractivity contribution in [3.8, 4) is 0 Å². The van der Waals surface area contributed by atoms with Crippen molar-refractivity contribution in [3.05, 3.63) is 29.3 Å². The lowest BCUT2D eigenvalue weighted by atomic mass is 10.1. The second-order valence-electron chi connectivity index (χ2n) is 3.38. The van der Waals surface area contributed by atoms with Crippen LogP contribution < -0.4 is 0 Å². The first-order chi connectivity index (χ1) is 6.91. The molecule has 0 fully saturated rings. The van der Waals surface area contributed by atoms with Gasteiger partial charge in [-0.05, 0) is 12.1 Å². The highest BCUT2D eigenvalue weighted by molar-refractivity contribution is 8.13. The first kappa shape index (κ1) is 10.4. The maximum atomic E-state index is 11.6. The zero-order valence-electron chi connectivity index (χ0n) is 7.90. The molecule has 0 radical (unpaired) electrons. The summed E-state index contributed by atoms with van der Waals surface area (Å²) in [6.07, 6.45) is 0. The summed E-state index contributed by atoms with van der Waals surface area (Å²) in [4.78, 5) is 13.0. The average Bonchev–Trinajstić information content (AvgIpc) is 2.41. The molecule has 0 saturated carbocycles. The Labute approximate surface area is 91.9 Å². The van der Waals surface area contributed by atoms with Gasteiger partial charge in [0.2, 0.25) is 0 Å². The lowest BCUT2D eigenvalue weighted by Gasteiger charge is -2.05. The quantitative estimate of drug-likeness (QED) is 0.699. The molecule has 2 rings (SSSR count). The Hall–Kier alpha value is -1.07. The molecule has 1 amide bonds. The van der Waals surface area contributed by atoms with Crippen LogP contribution in [-0.4, -0.2) is 26.3 Å². The van der Waals surface area contributed by atoms with E-state index in [0.717, 1.165) is 0 Å². The second kappa shape index (κ2) is 3.21. The van der Waals surface area contributed by atoms with E-state index in [0.29, 0.717) is 11.1 Å². The van der Waals surface area contributed by atoms with Gasteiger partial charge in [0.25, 0.3) is 15.0 Å². The third-order valence-corrected chi connectivity index (χ3v) is 3.77. The van der Waals surface area contributed by atoms with Gasteiger partial charge in [-0.15, -0.1) is 0 Å². The fraction of sp³-hybridized carbons (Fsp3) is 0.222. The van der Waals surface area contributed by atoms with Crippen LogP contribution in [0.3, 0.4) is 0 Å². The summed E-state index contributed by atoms with van der Waals surface area (Å²) >= 11 is 0. The molecule has 1 aliphatic heterocycles. The minimum atomic E-state index is -3.78. The number of carbonyl (C=O) groups excluding carboxylic acids is 1. The van der Waals surface area contributed by atoms with E-state index in [1.807, 2.05) is 0 Å². The molecule has 1 aromatic carbocycles. The van der Waals surface area contributed by atoms with Gasteiger partial charge in [-0.2, -0.15) is 0 Å². The van der Waals surface area contributed by atoms with Crippen molar-refractivity contribution in [3.63, 3.8) is 0 Å². The lowest BCUT2D eigenvalue weighted by Crippen LogP contribution is -2.17. The third kappa shape index (κ3) is 1.61. The number of fused-ring (bicyclic) bond motifs is 1. The van der Waals surface area contributed by atoms with E-state index >= 15 is 0 Å². The van der Waals surface area contributed by atoms with Crippen LogP contribution in [0.2, 0.25) is 0 Å². The van der Waals surface area contributed by atoms with Crippen LogP contribution in [-0.2, 0) is 15.6 Å². The summed E-state index contributed by atoms with van der Waals surface area (Å²) in [7, 11) is 3.12. The molecule has 0 aliphatic carbocycles. The van der Waals surface area contributed by atoms with Crippen LogP contribution in [0.4, 0.5) is 0 Å². The van der Waals surface area contributed by atoms with E-state index < -0.39 is 9.05 Å². The standard InChI is InChI=1S/C9H8ClNO3S/c1-11-5-7-6(9(11)12)3-2-4-8(7)15(10,13)14/h2-4H,5H2,1H3. The highest BCUT2D eigenvalue weighted by atomic mass is 35.7. The Morgan fingerprint density at radius 3 is 2.67 bits per heavy atom. The van der Waals surface area contributed by atoms with E-state index in [4.69, 9.17) is 10.7 Å². The zero-order valence-corrected chi connectivity index (χ0v) is 9.47. The van der Waals surface area contributed by atoms with Crippen molar-refractivity contribution in [2.75, 3.05) is 7.05 Å². The van der Waals surface area contributed by atoms with Gasteiger partial charge < -0.3 is 4.90 Å². The third-order valence-electron chi connectivity index (χ3n) is 2.37. The van der Waals surface area contributed by atoms with E-state index in [9.17, 15) is 13.2 Å². The Balaban J connectivity index is 2.70. The van der Waals surface area contributed by atoms with Crippen LogP contribution in [0, 0.1) is 0 Å². The fourth-order valence-electron chi connectivity index (χ4n) is 1.67. The van der Waals surface area contributed by atoms with Gasteiger partial charge >= 0.3 is 0 Å². The van der Waals surface area contributed by atoms with Gasteiger partial charge in [-0.1, -0.05) is 6.07 Å². The number of benzene rings is 1. The maximum absolute atomic E-state index is 11.6. The molecule has 4 nitrogen and oxygen atoms in total. The molecule has 1 aromatic rings. The van der Waals surface area contributed by atoms with Crippen LogP contribution in [0.5, 0.6) is 0 Å². The highest BCUT2D eigenvalue weighted by Gasteiger charge is 2.29. The first-order valence-electron chi connectivity index (χ1n) is 4.23. The Morgan fingerprint density at radius 1 is 1.40 bits per heavy atom. The summed E-state index contributed by atoms with van der Waals surface area (Å²) in [5.41, 5.74) is 0.902.